The third-order valence-corrected chi connectivity index (χ3v) is 1.56. The van der Waals surface area contributed by atoms with Crippen molar-refractivity contribution in [3.05, 3.63) is 35.9 Å². The maximum absolute atomic E-state index is 10.4. The van der Waals surface area contributed by atoms with Crippen LogP contribution >= 0.6 is 0 Å². The average molecular weight is 253 g/mol. The second-order valence-corrected chi connectivity index (χ2v) is 2.56. The fourth-order valence-corrected chi connectivity index (χ4v) is 0.899. The molecule has 1 aromatic carbocycles. The Hall–Kier alpha value is -0.246. The van der Waals surface area contributed by atoms with Gasteiger partial charge in [-0.15, -0.1) is 0 Å². The number of carboxylic acid groups (broad SMARTS) is 1. The van der Waals surface area contributed by atoms with Gasteiger partial charge in [0, 0.05) is 32.7 Å². The van der Waals surface area contributed by atoms with Crippen molar-refractivity contribution >= 4 is 5.97 Å². The summed E-state index contributed by atoms with van der Waals surface area (Å²) >= 11 is 0. The molecule has 13 heavy (non-hydrogen) atoms. The van der Waals surface area contributed by atoms with E-state index in [2.05, 4.69) is 6.07 Å². The number of nitrogens with two attached hydrogens (primary N) is 1. The number of hydrogen-bond donors (Lipinski definition) is 2. The Morgan fingerprint density at radius 3 is 2.54 bits per heavy atom. The Morgan fingerprint density at radius 1 is 1.54 bits per heavy atom. The quantitative estimate of drug-likeness (QED) is 0.768. The topological polar surface area (TPSA) is 63.3 Å². The van der Waals surface area contributed by atoms with Gasteiger partial charge in [0.2, 0.25) is 0 Å². The maximum atomic E-state index is 10.4. The number of aliphatic carboxylic acids is 1. The molecule has 0 saturated carbocycles. The maximum Gasteiger partial charge on any atom is 0.320 e. The van der Waals surface area contributed by atoms with Crippen LogP contribution in [0.3, 0.4) is 0 Å². The number of hydrogen-bond acceptors (Lipinski definition) is 2. The molecule has 0 fully saturated rings. The Balaban J connectivity index is 0.00000144. The van der Waals surface area contributed by atoms with Crippen molar-refractivity contribution in [1.82, 2.24) is 0 Å². The van der Waals surface area contributed by atoms with Crippen molar-refractivity contribution in [2.45, 2.75) is 12.5 Å². The molecule has 0 aliphatic carbocycles. The zero-order chi connectivity index (χ0) is 8.97. The van der Waals surface area contributed by atoms with Crippen LogP contribution in [-0.2, 0) is 43.9 Å². The molecule has 1 radical (unpaired) electrons. The van der Waals surface area contributed by atoms with Crippen LogP contribution in [0.15, 0.2) is 24.3 Å². The molecule has 1 atom stereocenters. The number of rotatable bonds is 3. The van der Waals surface area contributed by atoms with Crippen LogP contribution in [0.2, 0.25) is 0 Å². The molecule has 0 saturated heterocycles. The minimum Gasteiger partial charge on any atom is -0.480 e. The Morgan fingerprint density at radius 2 is 2.08 bits per heavy atom. The van der Waals surface area contributed by atoms with Gasteiger partial charge in [0.15, 0.2) is 0 Å². The first kappa shape index (κ1) is 12.8. The standard InChI is InChI=1S/C9H10NO2.Y/c10-8(9(11)12)6-7-4-2-1-3-5-7;/h2-5,8H,6,10H2,(H,11,12);/q-1;/t8-;/m0./s1. The van der Waals surface area contributed by atoms with E-state index in [0.717, 1.165) is 5.56 Å². The summed E-state index contributed by atoms with van der Waals surface area (Å²) in [6.07, 6.45) is 0.365. The smallest absolute Gasteiger partial charge is 0.320 e. The second-order valence-electron chi connectivity index (χ2n) is 2.56. The molecule has 1 rings (SSSR count). The molecule has 0 bridgehead atoms. The third-order valence-electron chi connectivity index (χ3n) is 1.56. The fourth-order valence-electron chi connectivity index (χ4n) is 0.899. The first-order valence-electron chi connectivity index (χ1n) is 3.63. The van der Waals surface area contributed by atoms with E-state index in [0.29, 0.717) is 6.42 Å². The molecule has 1 aromatic rings. The van der Waals surface area contributed by atoms with Gasteiger partial charge < -0.3 is 10.8 Å². The van der Waals surface area contributed by atoms with E-state index >= 15 is 0 Å². The third kappa shape index (κ3) is 4.51. The molecule has 4 heteroatoms. The summed E-state index contributed by atoms with van der Waals surface area (Å²) in [5.74, 6) is -0.970. The first-order chi connectivity index (χ1) is 5.70. The molecule has 0 unspecified atom stereocenters. The van der Waals surface area contributed by atoms with Gasteiger partial charge in [0.05, 0.1) is 0 Å². The Bertz CT molecular complexity index is 264. The summed E-state index contributed by atoms with van der Waals surface area (Å²) in [6, 6.07) is 9.13. The van der Waals surface area contributed by atoms with E-state index in [1.165, 1.54) is 0 Å². The summed E-state index contributed by atoms with van der Waals surface area (Å²) in [5.41, 5.74) is 6.26. The molecule has 0 aliphatic rings. The van der Waals surface area contributed by atoms with Crippen LogP contribution in [0.5, 0.6) is 0 Å². The Kier molecular flexibility index (Phi) is 6.13. The number of carbonyl (C=O) groups is 1. The molecule has 67 valence electrons. The molecule has 3 nitrogen and oxygen atoms in total. The van der Waals surface area contributed by atoms with Gasteiger partial charge in [-0.25, -0.2) is 0 Å². The largest absolute Gasteiger partial charge is 0.480 e. The van der Waals surface area contributed by atoms with Crippen LogP contribution in [0, 0.1) is 6.07 Å². The molecule has 0 heterocycles. The van der Waals surface area contributed by atoms with Crippen LogP contribution in [0.25, 0.3) is 0 Å². The summed E-state index contributed by atoms with van der Waals surface area (Å²) < 4.78 is 0. The predicted octanol–water partition coefficient (Wildman–Crippen LogP) is 0.439. The van der Waals surface area contributed by atoms with Gasteiger partial charge in [-0.2, -0.15) is 35.9 Å². The zero-order valence-corrected chi connectivity index (χ0v) is 9.94. The second kappa shape index (κ2) is 6.24. The normalized spacial score (nSPS) is 11.5. The van der Waals surface area contributed by atoms with Gasteiger partial charge in [0.25, 0.3) is 0 Å². The van der Waals surface area contributed by atoms with Crippen LogP contribution in [-0.4, -0.2) is 17.1 Å². The van der Waals surface area contributed by atoms with E-state index in [1.54, 1.807) is 12.1 Å². The summed E-state index contributed by atoms with van der Waals surface area (Å²) in [5, 5.41) is 8.51. The van der Waals surface area contributed by atoms with E-state index in [9.17, 15) is 4.79 Å². The van der Waals surface area contributed by atoms with E-state index < -0.39 is 12.0 Å². The SMILES string of the molecule is N[C@@H](Cc1cc[c-]cc1)C(=O)O.[Y]. The van der Waals surface area contributed by atoms with Gasteiger partial charge in [-0.3, -0.25) is 4.79 Å². The van der Waals surface area contributed by atoms with Crippen LogP contribution in [0.4, 0.5) is 0 Å². The van der Waals surface area contributed by atoms with Crippen LogP contribution < -0.4 is 5.73 Å². The van der Waals surface area contributed by atoms with Crippen LogP contribution in [0.1, 0.15) is 5.56 Å². The first-order valence-corrected chi connectivity index (χ1v) is 3.63. The minimum absolute atomic E-state index is 0. The van der Waals surface area contributed by atoms with Gasteiger partial charge in [-0.05, 0) is 6.42 Å². The summed E-state index contributed by atoms with van der Waals surface area (Å²) in [6.45, 7) is 0. The van der Waals surface area contributed by atoms with Crippen molar-refractivity contribution in [1.29, 1.82) is 0 Å². The monoisotopic (exact) mass is 253 g/mol. The van der Waals surface area contributed by atoms with Gasteiger partial charge in [-0.1, -0.05) is 0 Å². The minimum atomic E-state index is -0.970. The van der Waals surface area contributed by atoms with Crippen molar-refractivity contribution < 1.29 is 42.6 Å². The molecular weight excluding hydrogens is 243 g/mol. The summed E-state index contributed by atoms with van der Waals surface area (Å²) in [4.78, 5) is 10.4. The summed E-state index contributed by atoms with van der Waals surface area (Å²) in [7, 11) is 0. The fraction of sp³-hybridized carbons (Fsp3) is 0.222. The molecule has 0 amide bonds. The van der Waals surface area contributed by atoms with E-state index in [1.807, 2.05) is 12.1 Å². The van der Waals surface area contributed by atoms with Crippen molar-refractivity contribution in [2.75, 3.05) is 0 Å². The molecular formula is C9H10NO2Y-. The number of carboxylic acids is 1. The average Bonchev–Trinajstić information content (AvgIpc) is 2.06. The van der Waals surface area contributed by atoms with E-state index in [4.69, 9.17) is 10.8 Å². The van der Waals surface area contributed by atoms with Gasteiger partial charge in [0.1, 0.15) is 6.04 Å². The van der Waals surface area contributed by atoms with Crippen molar-refractivity contribution in [3.63, 3.8) is 0 Å². The van der Waals surface area contributed by atoms with Crippen molar-refractivity contribution in [2.24, 2.45) is 5.73 Å². The zero-order valence-electron chi connectivity index (χ0n) is 7.10. The molecule has 3 N–H and O–H groups in total. The van der Waals surface area contributed by atoms with Gasteiger partial charge >= 0.3 is 5.97 Å². The molecule has 0 aliphatic heterocycles. The molecule has 0 spiro atoms. The Labute approximate surface area is 102 Å². The van der Waals surface area contributed by atoms with E-state index in [-0.39, 0.29) is 32.7 Å². The van der Waals surface area contributed by atoms with Crippen molar-refractivity contribution in [3.8, 4) is 0 Å². The predicted molar refractivity (Wildman–Crippen MR) is 44.6 cm³/mol. The molecule has 0 aromatic heterocycles. The number of benzene rings is 1.